The number of likely N-dealkylation sites (tertiary alicyclic amines) is 1. The number of nitrogens with one attached hydrogen (secondary N) is 1. The van der Waals surface area contributed by atoms with Crippen LogP contribution >= 0.6 is 0 Å². The summed E-state index contributed by atoms with van der Waals surface area (Å²) in [4.78, 5) is 14.3. The maximum absolute atomic E-state index is 12.2. The highest BCUT2D eigenvalue weighted by Gasteiger charge is 2.37. The van der Waals surface area contributed by atoms with Gasteiger partial charge in [-0.3, -0.25) is 4.79 Å². The molecule has 1 spiro atoms. The first-order valence-corrected chi connectivity index (χ1v) is 7.93. The third-order valence-electron chi connectivity index (χ3n) is 4.84. The maximum atomic E-state index is 12.2. The van der Waals surface area contributed by atoms with Crippen molar-refractivity contribution < 1.29 is 4.79 Å². The summed E-state index contributed by atoms with van der Waals surface area (Å²) in [5.74, 6) is 0.338. The molecule has 0 bridgehead atoms. The van der Waals surface area contributed by atoms with Gasteiger partial charge in [0.2, 0.25) is 5.91 Å². The summed E-state index contributed by atoms with van der Waals surface area (Å²) in [5.41, 5.74) is 0.719. The summed E-state index contributed by atoms with van der Waals surface area (Å²) in [5, 5.41) is 3.39. The molecule has 0 aromatic carbocycles. The molecule has 1 saturated carbocycles. The molecule has 3 heteroatoms. The van der Waals surface area contributed by atoms with E-state index in [4.69, 9.17) is 0 Å². The highest BCUT2D eigenvalue weighted by atomic mass is 16.2. The first-order valence-electron chi connectivity index (χ1n) is 7.93. The van der Waals surface area contributed by atoms with Crippen LogP contribution < -0.4 is 5.32 Å². The molecule has 1 N–H and O–H groups in total. The van der Waals surface area contributed by atoms with E-state index in [1.807, 2.05) is 0 Å². The van der Waals surface area contributed by atoms with Gasteiger partial charge < -0.3 is 10.2 Å². The van der Waals surface area contributed by atoms with Crippen LogP contribution in [0, 0.1) is 5.41 Å². The van der Waals surface area contributed by atoms with Crippen LogP contribution in [0.25, 0.3) is 0 Å². The van der Waals surface area contributed by atoms with E-state index in [2.05, 4.69) is 31.0 Å². The van der Waals surface area contributed by atoms with Crippen molar-refractivity contribution >= 4 is 5.91 Å². The van der Waals surface area contributed by atoms with E-state index in [0.29, 0.717) is 17.7 Å². The van der Waals surface area contributed by atoms with Gasteiger partial charge in [0.15, 0.2) is 0 Å². The molecule has 1 amide bonds. The van der Waals surface area contributed by atoms with Gasteiger partial charge in [-0.2, -0.15) is 0 Å². The Balaban J connectivity index is 1.70. The fraction of sp³-hybridized carbons (Fsp3) is 0.938. The van der Waals surface area contributed by atoms with Crippen molar-refractivity contribution in [2.75, 3.05) is 19.6 Å². The fourth-order valence-corrected chi connectivity index (χ4v) is 3.56. The average molecular weight is 266 g/mol. The van der Waals surface area contributed by atoms with Crippen molar-refractivity contribution in [3.63, 3.8) is 0 Å². The Kier molecular flexibility index (Phi) is 4.54. The Morgan fingerprint density at radius 1 is 1.11 bits per heavy atom. The molecule has 1 aliphatic carbocycles. The van der Waals surface area contributed by atoms with E-state index in [1.165, 1.54) is 38.5 Å². The van der Waals surface area contributed by atoms with Gasteiger partial charge in [0.1, 0.15) is 0 Å². The molecule has 0 atom stereocenters. The zero-order valence-electron chi connectivity index (χ0n) is 12.9. The van der Waals surface area contributed by atoms with E-state index in [0.717, 1.165) is 19.6 Å². The summed E-state index contributed by atoms with van der Waals surface area (Å²) in [6.07, 6.45) is 8.75. The van der Waals surface area contributed by atoms with Crippen molar-refractivity contribution in [1.82, 2.24) is 10.2 Å². The van der Waals surface area contributed by atoms with E-state index in [9.17, 15) is 4.79 Å². The number of hydrogen-bond acceptors (Lipinski definition) is 2. The Bertz CT molecular complexity index is 303. The van der Waals surface area contributed by atoms with Crippen LogP contribution in [-0.2, 0) is 4.79 Å². The summed E-state index contributed by atoms with van der Waals surface area (Å²) < 4.78 is 0. The van der Waals surface area contributed by atoms with E-state index in [-0.39, 0.29) is 5.54 Å². The largest absolute Gasteiger partial charge is 0.343 e. The van der Waals surface area contributed by atoms with E-state index >= 15 is 0 Å². The molecule has 2 fully saturated rings. The summed E-state index contributed by atoms with van der Waals surface area (Å²) >= 11 is 0. The number of nitrogens with zero attached hydrogens (tertiary/aromatic N) is 1. The minimum atomic E-state index is 0.107. The van der Waals surface area contributed by atoms with Crippen LogP contribution in [0.2, 0.25) is 0 Å². The van der Waals surface area contributed by atoms with Gasteiger partial charge in [0.25, 0.3) is 0 Å². The SMILES string of the molecule is CC(C)(C)NCCC(=O)N1CCC2(CCCC2)CC1. The molecule has 1 heterocycles. The van der Waals surface area contributed by atoms with Gasteiger partial charge >= 0.3 is 0 Å². The second kappa shape index (κ2) is 5.82. The third kappa shape index (κ3) is 4.20. The van der Waals surface area contributed by atoms with Crippen molar-refractivity contribution in [2.24, 2.45) is 5.41 Å². The fourth-order valence-electron chi connectivity index (χ4n) is 3.56. The number of hydrogen-bond donors (Lipinski definition) is 1. The monoisotopic (exact) mass is 266 g/mol. The Morgan fingerprint density at radius 2 is 1.68 bits per heavy atom. The van der Waals surface area contributed by atoms with Crippen molar-refractivity contribution in [2.45, 2.75) is 71.3 Å². The van der Waals surface area contributed by atoms with Crippen LogP contribution in [0.1, 0.15) is 65.7 Å². The standard InChI is InChI=1S/C16H30N2O/c1-15(2,3)17-11-6-14(19)18-12-9-16(10-13-18)7-4-5-8-16/h17H,4-13H2,1-3H3. The summed E-state index contributed by atoms with van der Waals surface area (Å²) in [6, 6.07) is 0. The Hall–Kier alpha value is -0.570. The first kappa shape index (κ1) is 14.8. The normalized spacial score (nSPS) is 23.0. The summed E-state index contributed by atoms with van der Waals surface area (Å²) in [7, 11) is 0. The van der Waals surface area contributed by atoms with Crippen molar-refractivity contribution in [3.05, 3.63) is 0 Å². The molecular formula is C16H30N2O. The van der Waals surface area contributed by atoms with Crippen LogP contribution in [0.15, 0.2) is 0 Å². The lowest BCUT2D eigenvalue weighted by molar-refractivity contribution is -0.133. The maximum Gasteiger partial charge on any atom is 0.223 e. The minimum absolute atomic E-state index is 0.107. The van der Waals surface area contributed by atoms with E-state index < -0.39 is 0 Å². The molecule has 110 valence electrons. The predicted octanol–water partition coefficient (Wildman–Crippen LogP) is 2.95. The second-order valence-electron chi connectivity index (χ2n) is 7.51. The highest BCUT2D eigenvalue weighted by Crippen LogP contribution is 2.46. The molecule has 0 aromatic rings. The van der Waals surface area contributed by atoms with Crippen LogP contribution in [0.3, 0.4) is 0 Å². The topological polar surface area (TPSA) is 32.3 Å². The zero-order valence-corrected chi connectivity index (χ0v) is 12.9. The molecule has 0 radical (unpaired) electrons. The molecular weight excluding hydrogens is 236 g/mol. The number of carbonyl (C=O) groups excluding carboxylic acids is 1. The number of rotatable bonds is 3. The smallest absolute Gasteiger partial charge is 0.223 e. The number of amides is 1. The van der Waals surface area contributed by atoms with Gasteiger partial charge in [-0.05, 0) is 51.9 Å². The van der Waals surface area contributed by atoms with Gasteiger partial charge in [0, 0.05) is 31.6 Å². The van der Waals surface area contributed by atoms with Crippen LogP contribution in [0.5, 0.6) is 0 Å². The zero-order chi connectivity index (χ0) is 13.9. The van der Waals surface area contributed by atoms with Gasteiger partial charge in [-0.15, -0.1) is 0 Å². The molecule has 1 saturated heterocycles. The molecule has 0 aromatic heterocycles. The van der Waals surface area contributed by atoms with Crippen molar-refractivity contribution in [3.8, 4) is 0 Å². The van der Waals surface area contributed by atoms with Crippen LogP contribution in [-0.4, -0.2) is 36.0 Å². The average Bonchev–Trinajstić information content (AvgIpc) is 2.77. The molecule has 0 unspecified atom stereocenters. The molecule has 3 nitrogen and oxygen atoms in total. The number of piperidine rings is 1. The predicted molar refractivity (Wildman–Crippen MR) is 79.1 cm³/mol. The lowest BCUT2D eigenvalue weighted by Gasteiger charge is -2.39. The molecule has 19 heavy (non-hydrogen) atoms. The summed E-state index contributed by atoms with van der Waals surface area (Å²) in [6.45, 7) is 9.21. The lowest BCUT2D eigenvalue weighted by atomic mass is 9.77. The third-order valence-corrected chi connectivity index (χ3v) is 4.84. The molecule has 1 aliphatic heterocycles. The molecule has 2 rings (SSSR count). The second-order valence-corrected chi connectivity index (χ2v) is 7.51. The van der Waals surface area contributed by atoms with Crippen molar-refractivity contribution in [1.29, 1.82) is 0 Å². The van der Waals surface area contributed by atoms with Crippen LogP contribution in [0.4, 0.5) is 0 Å². The van der Waals surface area contributed by atoms with E-state index in [1.54, 1.807) is 0 Å². The minimum Gasteiger partial charge on any atom is -0.343 e. The Labute approximate surface area is 118 Å². The molecule has 2 aliphatic rings. The highest BCUT2D eigenvalue weighted by molar-refractivity contribution is 5.76. The number of carbonyl (C=O) groups is 1. The van der Waals surface area contributed by atoms with Gasteiger partial charge in [-0.25, -0.2) is 0 Å². The first-order chi connectivity index (χ1) is 8.90. The van der Waals surface area contributed by atoms with Gasteiger partial charge in [-0.1, -0.05) is 12.8 Å². The van der Waals surface area contributed by atoms with Gasteiger partial charge in [0.05, 0.1) is 0 Å². The lowest BCUT2D eigenvalue weighted by Crippen LogP contribution is -2.44. The quantitative estimate of drug-likeness (QED) is 0.852. The Morgan fingerprint density at radius 3 is 2.21 bits per heavy atom.